The van der Waals surface area contributed by atoms with E-state index >= 15 is 0 Å². The molecular weight excluding hydrogens is 396 g/mol. The smallest absolute Gasteiger partial charge is 0.227 e. The standard InChI is InChI=1S/C23H30N4O2S/c1-5-6-9-12-30-22-25-21-24-16-13-23(2,3)14-17(28)19(16)20(27(21)26-22)15-10-7-8-11-18(15)29-4/h7-8,10-11,20H,5-6,9,12-14H2,1-4H3,(H,24,25,26)/t20-/m1/s1. The molecule has 0 amide bonds. The molecule has 1 aromatic carbocycles. The van der Waals surface area contributed by atoms with Gasteiger partial charge in [0.2, 0.25) is 11.1 Å². The van der Waals surface area contributed by atoms with E-state index in [1.165, 1.54) is 12.8 Å². The van der Waals surface area contributed by atoms with Crippen LogP contribution in [0.2, 0.25) is 0 Å². The van der Waals surface area contributed by atoms with Crippen LogP contribution in [0.5, 0.6) is 5.75 Å². The van der Waals surface area contributed by atoms with E-state index in [1.54, 1.807) is 18.9 Å². The van der Waals surface area contributed by atoms with Crippen molar-refractivity contribution in [2.24, 2.45) is 5.41 Å². The third kappa shape index (κ3) is 4.00. The first kappa shape index (κ1) is 21.0. The number of unbranched alkanes of at least 4 members (excludes halogenated alkanes) is 2. The molecule has 0 saturated heterocycles. The van der Waals surface area contributed by atoms with Crippen molar-refractivity contribution in [3.63, 3.8) is 0 Å². The maximum atomic E-state index is 13.3. The molecule has 1 aliphatic heterocycles. The van der Waals surface area contributed by atoms with Gasteiger partial charge in [-0.2, -0.15) is 4.98 Å². The van der Waals surface area contributed by atoms with E-state index in [9.17, 15) is 4.79 Å². The van der Waals surface area contributed by atoms with Crippen molar-refractivity contribution in [3.8, 4) is 5.75 Å². The van der Waals surface area contributed by atoms with Gasteiger partial charge >= 0.3 is 0 Å². The van der Waals surface area contributed by atoms with Gasteiger partial charge < -0.3 is 10.1 Å². The van der Waals surface area contributed by atoms with Crippen molar-refractivity contribution in [1.29, 1.82) is 0 Å². The predicted octanol–water partition coefficient (Wildman–Crippen LogP) is 5.23. The number of fused-ring (bicyclic) bond motifs is 1. The van der Waals surface area contributed by atoms with Gasteiger partial charge in [0.15, 0.2) is 5.78 Å². The molecule has 6 nitrogen and oxygen atoms in total. The zero-order valence-corrected chi connectivity index (χ0v) is 19.0. The molecule has 0 fully saturated rings. The molecule has 1 atom stereocenters. The Kier molecular flexibility index (Phi) is 5.91. The van der Waals surface area contributed by atoms with E-state index in [1.807, 2.05) is 28.9 Å². The van der Waals surface area contributed by atoms with Crippen molar-refractivity contribution in [1.82, 2.24) is 14.8 Å². The van der Waals surface area contributed by atoms with Crippen LogP contribution in [-0.4, -0.2) is 33.4 Å². The summed E-state index contributed by atoms with van der Waals surface area (Å²) in [5.41, 5.74) is 2.62. The molecular formula is C23H30N4O2S. The van der Waals surface area contributed by atoms with Gasteiger partial charge in [-0.1, -0.05) is 63.6 Å². The molecule has 0 radical (unpaired) electrons. The Morgan fingerprint density at radius 1 is 1.27 bits per heavy atom. The summed E-state index contributed by atoms with van der Waals surface area (Å²) >= 11 is 1.68. The van der Waals surface area contributed by atoms with E-state index in [2.05, 4.69) is 26.1 Å². The van der Waals surface area contributed by atoms with Gasteiger partial charge in [-0.3, -0.25) is 4.79 Å². The van der Waals surface area contributed by atoms with Crippen molar-refractivity contribution in [2.45, 2.75) is 64.1 Å². The Bertz CT molecular complexity index is 979. The molecule has 2 aromatic rings. The molecule has 7 heteroatoms. The van der Waals surface area contributed by atoms with Gasteiger partial charge in [-0.15, -0.1) is 5.10 Å². The average molecular weight is 427 g/mol. The first-order valence-corrected chi connectivity index (χ1v) is 11.7. The minimum Gasteiger partial charge on any atom is -0.496 e. The molecule has 0 saturated carbocycles. The van der Waals surface area contributed by atoms with Crippen molar-refractivity contribution < 1.29 is 9.53 Å². The third-order valence-electron chi connectivity index (χ3n) is 5.73. The summed E-state index contributed by atoms with van der Waals surface area (Å²) in [5.74, 6) is 2.62. The molecule has 2 heterocycles. The molecule has 0 unspecified atom stereocenters. The second kappa shape index (κ2) is 8.46. The zero-order chi connectivity index (χ0) is 21.3. The normalized spacial score (nSPS) is 19.9. The number of carbonyl (C=O) groups is 1. The molecule has 30 heavy (non-hydrogen) atoms. The lowest BCUT2D eigenvalue weighted by atomic mass is 9.73. The number of Topliss-reactive ketones (excluding diaryl/α,β-unsaturated/α-hetero) is 1. The maximum absolute atomic E-state index is 13.3. The van der Waals surface area contributed by atoms with Crippen LogP contribution in [0.1, 0.15) is 64.5 Å². The van der Waals surface area contributed by atoms with Gasteiger partial charge in [-0.05, 0) is 24.3 Å². The number of allylic oxidation sites excluding steroid dienone is 2. The summed E-state index contributed by atoms with van der Waals surface area (Å²) in [5, 5.41) is 9.00. The number of anilines is 1. The molecule has 1 N–H and O–H groups in total. The van der Waals surface area contributed by atoms with Crippen LogP contribution in [0.3, 0.4) is 0 Å². The number of ether oxygens (including phenoxy) is 1. The lowest BCUT2D eigenvalue weighted by Gasteiger charge is -2.38. The number of para-hydroxylation sites is 1. The van der Waals surface area contributed by atoms with E-state index in [0.717, 1.165) is 46.3 Å². The maximum Gasteiger partial charge on any atom is 0.227 e. The molecule has 0 spiro atoms. The summed E-state index contributed by atoms with van der Waals surface area (Å²) in [7, 11) is 1.66. The van der Waals surface area contributed by atoms with Gasteiger partial charge in [0.1, 0.15) is 11.8 Å². The summed E-state index contributed by atoms with van der Waals surface area (Å²) in [6.45, 7) is 6.49. The minimum atomic E-state index is -0.325. The van der Waals surface area contributed by atoms with Crippen molar-refractivity contribution >= 4 is 23.5 Å². The Hall–Kier alpha value is -2.28. The predicted molar refractivity (Wildman–Crippen MR) is 120 cm³/mol. The van der Waals surface area contributed by atoms with Crippen LogP contribution in [0, 0.1) is 5.41 Å². The van der Waals surface area contributed by atoms with Crippen LogP contribution in [0.4, 0.5) is 5.95 Å². The monoisotopic (exact) mass is 426 g/mol. The fourth-order valence-corrected chi connectivity index (χ4v) is 5.17. The molecule has 0 bridgehead atoms. The van der Waals surface area contributed by atoms with E-state index in [4.69, 9.17) is 14.8 Å². The van der Waals surface area contributed by atoms with Gasteiger partial charge in [0, 0.05) is 29.0 Å². The fraction of sp³-hybridized carbons (Fsp3) is 0.522. The highest BCUT2D eigenvalue weighted by molar-refractivity contribution is 7.99. The number of hydrogen-bond acceptors (Lipinski definition) is 6. The van der Waals surface area contributed by atoms with Crippen molar-refractivity contribution in [3.05, 3.63) is 41.1 Å². The van der Waals surface area contributed by atoms with Crippen LogP contribution >= 0.6 is 11.8 Å². The second-order valence-electron chi connectivity index (χ2n) is 8.82. The first-order chi connectivity index (χ1) is 14.4. The number of hydrogen-bond donors (Lipinski definition) is 1. The number of rotatable bonds is 7. The topological polar surface area (TPSA) is 69.0 Å². The highest BCUT2D eigenvalue weighted by atomic mass is 32.2. The number of ketones is 1. The summed E-state index contributed by atoms with van der Waals surface area (Å²) in [4.78, 5) is 18.0. The highest BCUT2D eigenvalue weighted by Gasteiger charge is 2.42. The SMILES string of the molecule is CCCCCSc1nc2n(n1)[C@H](c1ccccc1OC)C1=C(CC(C)(C)CC1=O)N2. The van der Waals surface area contributed by atoms with E-state index < -0.39 is 0 Å². The largest absolute Gasteiger partial charge is 0.496 e. The number of methoxy groups -OCH3 is 1. The quantitative estimate of drug-likeness (QED) is 0.483. The summed E-state index contributed by atoms with van der Waals surface area (Å²) < 4.78 is 7.52. The Balaban J connectivity index is 1.77. The number of nitrogens with zero attached hydrogens (tertiary/aromatic N) is 3. The zero-order valence-electron chi connectivity index (χ0n) is 18.2. The number of benzene rings is 1. The van der Waals surface area contributed by atoms with Crippen LogP contribution < -0.4 is 10.1 Å². The lowest BCUT2D eigenvalue weighted by molar-refractivity contribution is -0.118. The number of carbonyl (C=O) groups excluding carboxylic acids is 1. The molecule has 1 aromatic heterocycles. The molecule has 1 aliphatic carbocycles. The first-order valence-electron chi connectivity index (χ1n) is 10.7. The number of aromatic nitrogens is 3. The van der Waals surface area contributed by atoms with Crippen LogP contribution in [-0.2, 0) is 4.79 Å². The fourth-order valence-electron chi connectivity index (χ4n) is 4.35. The van der Waals surface area contributed by atoms with Crippen LogP contribution in [0.25, 0.3) is 0 Å². The molecule has 4 rings (SSSR count). The lowest BCUT2D eigenvalue weighted by Crippen LogP contribution is -2.36. The van der Waals surface area contributed by atoms with Gasteiger partial charge in [0.05, 0.1) is 7.11 Å². The minimum absolute atomic E-state index is 0.0752. The van der Waals surface area contributed by atoms with Crippen LogP contribution in [0.15, 0.2) is 40.7 Å². The molecule has 2 aliphatic rings. The third-order valence-corrected chi connectivity index (χ3v) is 6.65. The average Bonchev–Trinajstić information content (AvgIpc) is 3.11. The Labute approximate surface area is 182 Å². The van der Waals surface area contributed by atoms with E-state index in [-0.39, 0.29) is 17.2 Å². The number of thioether (sulfide) groups is 1. The summed E-state index contributed by atoms with van der Waals surface area (Å²) in [6.07, 6.45) is 4.89. The van der Waals surface area contributed by atoms with Gasteiger partial charge in [0.25, 0.3) is 0 Å². The Morgan fingerprint density at radius 2 is 2.07 bits per heavy atom. The second-order valence-corrected chi connectivity index (χ2v) is 9.88. The highest BCUT2D eigenvalue weighted by Crippen LogP contribution is 2.47. The van der Waals surface area contributed by atoms with E-state index in [0.29, 0.717) is 12.4 Å². The van der Waals surface area contributed by atoms with Gasteiger partial charge in [-0.25, -0.2) is 4.68 Å². The Morgan fingerprint density at radius 3 is 2.83 bits per heavy atom. The number of nitrogens with one attached hydrogen (secondary N) is 1. The molecule has 160 valence electrons. The summed E-state index contributed by atoms with van der Waals surface area (Å²) in [6, 6.07) is 7.56. The van der Waals surface area contributed by atoms with Crippen molar-refractivity contribution in [2.75, 3.05) is 18.2 Å².